The van der Waals surface area contributed by atoms with Crippen molar-refractivity contribution >= 4 is 11.6 Å². The Morgan fingerprint density at radius 1 is 1.62 bits per heavy atom. The van der Waals surface area contributed by atoms with E-state index in [0.717, 1.165) is 0 Å². The van der Waals surface area contributed by atoms with Crippen LogP contribution in [0.3, 0.4) is 0 Å². The maximum absolute atomic E-state index is 10.2. The van der Waals surface area contributed by atoms with Crippen molar-refractivity contribution in [3.05, 3.63) is 12.4 Å². The highest BCUT2D eigenvalue weighted by Gasteiger charge is 2.39. The number of hydrogen-bond donors (Lipinski definition) is 3. The van der Waals surface area contributed by atoms with Crippen molar-refractivity contribution in [3.8, 4) is 0 Å². The smallest absolute Gasteiger partial charge is 0.222 e. The topological polar surface area (TPSA) is 93.3 Å². The molecule has 1 aliphatic rings. The average molecular weight is 224 g/mol. The predicted molar refractivity (Wildman–Crippen MR) is 59.9 cm³/mol. The first-order valence-corrected chi connectivity index (χ1v) is 5.25. The summed E-state index contributed by atoms with van der Waals surface area (Å²) in [5.41, 5.74) is 5.14. The van der Waals surface area contributed by atoms with Gasteiger partial charge >= 0.3 is 0 Å². The number of hydrogen-bond acceptors (Lipinski definition) is 6. The quantitative estimate of drug-likeness (QED) is 0.669. The van der Waals surface area contributed by atoms with Gasteiger partial charge in [0.1, 0.15) is 5.60 Å². The number of nitrogens with two attached hydrogens (primary N) is 1. The molecule has 0 amide bonds. The summed E-state index contributed by atoms with van der Waals surface area (Å²) >= 11 is 0. The molecule has 16 heavy (non-hydrogen) atoms. The van der Waals surface area contributed by atoms with Crippen molar-refractivity contribution in [2.45, 2.75) is 25.0 Å². The lowest BCUT2D eigenvalue weighted by atomic mass is 9.97. The molecule has 2 unspecified atom stereocenters. The van der Waals surface area contributed by atoms with Gasteiger partial charge in [0.15, 0.2) is 0 Å². The van der Waals surface area contributed by atoms with E-state index in [-0.39, 0.29) is 6.10 Å². The van der Waals surface area contributed by atoms with Crippen LogP contribution in [0.4, 0.5) is 11.6 Å². The summed E-state index contributed by atoms with van der Waals surface area (Å²) in [6.07, 6.45) is 3.49. The standard InChI is InChI=1S/C10H16N4O2/c1-7-10(15,2-3-16-7)6-14-9-12-4-8(11)5-13-9/h4-5,7,15H,2-3,6,11H2,1H3,(H,12,13,14). The van der Waals surface area contributed by atoms with Crippen LogP contribution in [0.5, 0.6) is 0 Å². The number of rotatable bonds is 3. The van der Waals surface area contributed by atoms with Crippen molar-refractivity contribution in [1.29, 1.82) is 0 Å². The van der Waals surface area contributed by atoms with Gasteiger partial charge in [0.2, 0.25) is 5.95 Å². The summed E-state index contributed by atoms with van der Waals surface area (Å²) in [7, 11) is 0. The van der Waals surface area contributed by atoms with Gasteiger partial charge in [-0.2, -0.15) is 0 Å². The van der Waals surface area contributed by atoms with Crippen molar-refractivity contribution in [3.63, 3.8) is 0 Å². The maximum atomic E-state index is 10.2. The average Bonchev–Trinajstić information content (AvgIpc) is 2.59. The van der Waals surface area contributed by atoms with E-state index < -0.39 is 5.60 Å². The number of nitrogens with zero attached hydrogens (tertiary/aromatic N) is 2. The zero-order valence-corrected chi connectivity index (χ0v) is 9.18. The summed E-state index contributed by atoms with van der Waals surface area (Å²) < 4.78 is 5.33. The molecule has 2 rings (SSSR count). The first kappa shape index (κ1) is 11.1. The lowest BCUT2D eigenvalue weighted by molar-refractivity contribution is -0.0176. The molecule has 1 fully saturated rings. The van der Waals surface area contributed by atoms with Gasteiger partial charge in [-0.3, -0.25) is 0 Å². The second kappa shape index (κ2) is 4.23. The van der Waals surface area contributed by atoms with Gasteiger partial charge in [-0.15, -0.1) is 0 Å². The summed E-state index contributed by atoms with van der Waals surface area (Å²) in [5, 5.41) is 13.2. The summed E-state index contributed by atoms with van der Waals surface area (Å²) in [6.45, 7) is 2.82. The molecule has 0 aliphatic carbocycles. The van der Waals surface area contributed by atoms with Gasteiger partial charge in [-0.05, 0) is 6.92 Å². The molecule has 6 heteroatoms. The van der Waals surface area contributed by atoms with E-state index >= 15 is 0 Å². The van der Waals surface area contributed by atoms with Crippen LogP contribution in [0.2, 0.25) is 0 Å². The number of aliphatic hydroxyl groups is 1. The zero-order chi connectivity index (χ0) is 11.6. The Kier molecular flexibility index (Phi) is 2.93. The minimum Gasteiger partial charge on any atom is -0.396 e. The van der Waals surface area contributed by atoms with Gasteiger partial charge in [-0.25, -0.2) is 9.97 Å². The van der Waals surface area contributed by atoms with Crippen LogP contribution < -0.4 is 11.1 Å². The lowest BCUT2D eigenvalue weighted by Crippen LogP contribution is -2.43. The zero-order valence-electron chi connectivity index (χ0n) is 9.18. The molecule has 2 atom stereocenters. The summed E-state index contributed by atoms with van der Waals surface area (Å²) in [5.74, 6) is 0.460. The molecule has 0 radical (unpaired) electrons. The molecule has 1 aromatic rings. The van der Waals surface area contributed by atoms with Crippen LogP contribution in [0, 0.1) is 0 Å². The van der Waals surface area contributed by atoms with Crippen molar-refractivity contribution in [2.75, 3.05) is 24.2 Å². The maximum Gasteiger partial charge on any atom is 0.222 e. The van der Waals surface area contributed by atoms with Crippen LogP contribution in [-0.2, 0) is 4.74 Å². The van der Waals surface area contributed by atoms with E-state index in [1.165, 1.54) is 12.4 Å². The van der Waals surface area contributed by atoms with E-state index in [0.29, 0.717) is 31.2 Å². The third kappa shape index (κ3) is 2.23. The van der Waals surface area contributed by atoms with Crippen molar-refractivity contribution < 1.29 is 9.84 Å². The summed E-state index contributed by atoms with van der Waals surface area (Å²) in [6, 6.07) is 0. The van der Waals surface area contributed by atoms with Crippen molar-refractivity contribution in [1.82, 2.24) is 9.97 Å². The monoisotopic (exact) mass is 224 g/mol. The first-order valence-electron chi connectivity index (χ1n) is 5.25. The van der Waals surface area contributed by atoms with Gasteiger partial charge in [-0.1, -0.05) is 0 Å². The number of aromatic nitrogens is 2. The lowest BCUT2D eigenvalue weighted by Gasteiger charge is -2.25. The predicted octanol–water partition coefficient (Wildman–Crippen LogP) is 0.0106. The molecule has 1 saturated heterocycles. The molecule has 1 aromatic heterocycles. The first-order chi connectivity index (χ1) is 7.60. The number of nitrogen functional groups attached to an aromatic ring is 1. The number of ether oxygens (including phenoxy) is 1. The van der Waals surface area contributed by atoms with Crippen LogP contribution in [0.15, 0.2) is 12.4 Å². The molecule has 0 aromatic carbocycles. The normalized spacial score (nSPS) is 29.2. The second-order valence-corrected chi connectivity index (χ2v) is 4.06. The molecule has 88 valence electrons. The molecular formula is C10H16N4O2. The Morgan fingerprint density at radius 2 is 2.31 bits per heavy atom. The fourth-order valence-corrected chi connectivity index (χ4v) is 1.66. The fraction of sp³-hybridized carbons (Fsp3) is 0.600. The second-order valence-electron chi connectivity index (χ2n) is 4.06. The molecule has 2 heterocycles. The fourth-order valence-electron chi connectivity index (χ4n) is 1.66. The van der Waals surface area contributed by atoms with Crippen LogP contribution in [-0.4, -0.2) is 39.9 Å². The molecule has 0 bridgehead atoms. The van der Waals surface area contributed by atoms with Crippen LogP contribution in [0.1, 0.15) is 13.3 Å². The van der Waals surface area contributed by atoms with E-state index in [1.807, 2.05) is 6.92 Å². The minimum absolute atomic E-state index is 0.172. The van der Waals surface area contributed by atoms with E-state index in [1.54, 1.807) is 0 Å². The van der Waals surface area contributed by atoms with E-state index in [4.69, 9.17) is 10.5 Å². The SMILES string of the molecule is CC1OCCC1(O)CNc1ncc(N)cn1. The largest absolute Gasteiger partial charge is 0.396 e. The Morgan fingerprint density at radius 3 is 2.88 bits per heavy atom. The highest BCUT2D eigenvalue weighted by atomic mass is 16.5. The molecule has 6 nitrogen and oxygen atoms in total. The Labute approximate surface area is 93.9 Å². The summed E-state index contributed by atoms with van der Waals surface area (Å²) in [4.78, 5) is 7.99. The van der Waals surface area contributed by atoms with Gasteiger partial charge in [0.25, 0.3) is 0 Å². The molecule has 0 saturated carbocycles. The van der Waals surface area contributed by atoms with E-state index in [2.05, 4.69) is 15.3 Å². The Hall–Kier alpha value is -1.40. The molecule has 1 aliphatic heterocycles. The van der Waals surface area contributed by atoms with Gasteiger partial charge in [0, 0.05) is 19.6 Å². The third-order valence-corrected chi connectivity index (χ3v) is 2.88. The molecule has 0 spiro atoms. The molecular weight excluding hydrogens is 208 g/mol. The van der Waals surface area contributed by atoms with E-state index in [9.17, 15) is 5.11 Å². The van der Waals surface area contributed by atoms with Crippen LogP contribution in [0.25, 0.3) is 0 Å². The molecule has 4 N–H and O–H groups in total. The third-order valence-electron chi connectivity index (χ3n) is 2.88. The Balaban J connectivity index is 1.94. The highest BCUT2D eigenvalue weighted by Crippen LogP contribution is 2.25. The minimum atomic E-state index is -0.843. The van der Waals surface area contributed by atoms with Gasteiger partial charge in [0.05, 0.1) is 24.2 Å². The number of anilines is 2. The van der Waals surface area contributed by atoms with Crippen molar-refractivity contribution in [2.24, 2.45) is 0 Å². The Bertz CT molecular complexity index is 356. The van der Waals surface area contributed by atoms with Crippen LogP contribution >= 0.6 is 0 Å². The highest BCUT2D eigenvalue weighted by molar-refractivity contribution is 5.36. The number of nitrogens with one attached hydrogen (secondary N) is 1. The van der Waals surface area contributed by atoms with Gasteiger partial charge < -0.3 is 20.9 Å².